The van der Waals surface area contributed by atoms with Crippen molar-refractivity contribution in [1.82, 2.24) is 4.90 Å². The van der Waals surface area contributed by atoms with Crippen LogP contribution in [-0.4, -0.2) is 23.3 Å². The largest absolute Gasteiger partial charge is 0.388 e. The summed E-state index contributed by atoms with van der Waals surface area (Å²) in [5.74, 6) is 1.67. The Morgan fingerprint density at radius 2 is 1.95 bits per heavy atom. The molecule has 2 rings (SSSR count). The molecule has 0 radical (unpaired) electrons. The smallest absolute Gasteiger partial charge is 0.0924 e. The van der Waals surface area contributed by atoms with Crippen LogP contribution in [0.15, 0.2) is 30.3 Å². The van der Waals surface area contributed by atoms with E-state index in [1.165, 1.54) is 12.0 Å². The highest BCUT2D eigenvalue weighted by Crippen LogP contribution is 2.35. The van der Waals surface area contributed by atoms with E-state index >= 15 is 0 Å². The molecule has 1 aliphatic rings. The lowest BCUT2D eigenvalue weighted by Gasteiger charge is -2.45. The summed E-state index contributed by atoms with van der Waals surface area (Å²) in [4.78, 5) is 2.55. The predicted octanol–water partition coefficient (Wildman–Crippen LogP) is 3.42. The summed E-state index contributed by atoms with van der Waals surface area (Å²) in [6.07, 6.45) is 1.91. The minimum Gasteiger partial charge on any atom is -0.388 e. The number of benzene rings is 1. The van der Waals surface area contributed by atoms with Gasteiger partial charge in [0.15, 0.2) is 0 Å². The molecule has 3 N–H and O–H groups in total. The second-order valence-corrected chi connectivity index (χ2v) is 6.41. The summed E-state index contributed by atoms with van der Waals surface area (Å²) in [5.41, 5.74) is 6.98. The van der Waals surface area contributed by atoms with Crippen molar-refractivity contribution in [1.29, 1.82) is 5.41 Å². The number of amidine groups is 1. The van der Waals surface area contributed by atoms with Crippen molar-refractivity contribution in [2.75, 3.05) is 6.54 Å². The van der Waals surface area contributed by atoms with Crippen LogP contribution < -0.4 is 5.73 Å². The molecule has 0 aromatic heterocycles. The molecule has 4 atom stereocenters. The van der Waals surface area contributed by atoms with E-state index in [0.717, 1.165) is 6.54 Å². The van der Waals surface area contributed by atoms with Crippen molar-refractivity contribution in [2.45, 2.75) is 45.7 Å². The Morgan fingerprint density at radius 3 is 2.55 bits per heavy atom. The monoisotopic (exact) mass is 273 g/mol. The zero-order valence-corrected chi connectivity index (χ0v) is 12.8. The van der Waals surface area contributed by atoms with Crippen LogP contribution in [0.25, 0.3) is 0 Å². The molecule has 1 saturated heterocycles. The summed E-state index contributed by atoms with van der Waals surface area (Å²) < 4.78 is 0. The van der Waals surface area contributed by atoms with Crippen LogP contribution in [0.4, 0.5) is 0 Å². The van der Waals surface area contributed by atoms with Crippen molar-refractivity contribution in [3.63, 3.8) is 0 Å². The molecule has 0 spiro atoms. The third-order valence-electron chi connectivity index (χ3n) is 4.64. The maximum atomic E-state index is 7.71. The van der Waals surface area contributed by atoms with E-state index in [-0.39, 0.29) is 11.9 Å². The number of nitrogens with two attached hydrogens (primary N) is 1. The van der Waals surface area contributed by atoms with Gasteiger partial charge in [-0.2, -0.15) is 0 Å². The lowest BCUT2D eigenvalue weighted by atomic mass is 9.83. The Hall–Kier alpha value is -1.35. The highest BCUT2D eigenvalue weighted by Gasteiger charge is 2.34. The van der Waals surface area contributed by atoms with Crippen LogP contribution >= 0.6 is 0 Å². The quantitative estimate of drug-likeness (QED) is 0.652. The Labute approximate surface area is 122 Å². The maximum Gasteiger partial charge on any atom is 0.0924 e. The fraction of sp³-hybridized carbons (Fsp3) is 0.588. The molecule has 0 saturated carbocycles. The molecule has 1 aliphatic heterocycles. The van der Waals surface area contributed by atoms with Gasteiger partial charge in [0.1, 0.15) is 0 Å². The molecule has 20 heavy (non-hydrogen) atoms. The first-order chi connectivity index (χ1) is 9.49. The molecule has 1 aromatic carbocycles. The van der Waals surface area contributed by atoms with Crippen LogP contribution in [-0.2, 0) is 0 Å². The van der Waals surface area contributed by atoms with Crippen molar-refractivity contribution in [3.8, 4) is 0 Å². The predicted molar refractivity (Wildman–Crippen MR) is 84.8 cm³/mol. The van der Waals surface area contributed by atoms with Crippen LogP contribution in [0.3, 0.4) is 0 Å². The van der Waals surface area contributed by atoms with E-state index in [1.807, 2.05) is 6.07 Å². The molecular formula is C17H27N3. The Bertz CT molecular complexity index is 443. The molecule has 3 nitrogen and oxygen atoms in total. The van der Waals surface area contributed by atoms with Gasteiger partial charge in [0.05, 0.1) is 5.84 Å². The zero-order chi connectivity index (χ0) is 14.7. The topological polar surface area (TPSA) is 53.1 Å². The normalized spacial score (nSPS) is 29.1. The second kappa shape index (κ2) is 6.40. The number of nitrogens with zero attached hydrogens (tertiary/aromatic N) is 1. The molecule has 3 heteroatoms. The number of rotatable bonds is 4. The number of hydrogen-bond donors (Lipinski definition) is 2. The highest BCUT2D eigenvalue weighted by molar-refractivity contribution is 5.77. The number of piperidine rings is 1. The van der Waals surface area contributed by atoms with Crippen molar-refractivity contribution in [3.05, 3.63) is 35.9 Å². The van der Waals surface area contributed by atoms with E-state index < -0.39 is 0 Å². The van der Waals surface area contributed by atoms with Crippen molar-refractivity contribution < 1.29 is 0 Å². The standard InChI is InChI=1S/C17H27N3/c1-12-9-13(2)14(3)20(11-12)16(10-17(18)19)15-7-5-4-6-8-15/h4-8,12-14,16H,9-11H2,1-3H3,(H3,18,19). The van der Waals surface area contributed by atoms with Gasteiger partial charge >= 0.3 is 0 Å². The van der Waals surface area contributed by atoms with E-state index in [1.54, 1.807) is 0 Å². The summed E-state index contributed by atoms with van der Waals surface area (Å²) in [6.45, 7) is 8.07. The Morgan fingerprint density at radius 1 is 1.30 bits per heavy atom. The fourth-order valence-corrected chi connectivity index (χ4v) is 3.48. The molecule has 1 aromatic rings. The van der Waals surface area contributed by atoms with E-state index in [9.17, 15) is 0 Å². The minimum absolute atomic E-state index is 0.230. The summed E-state index contributed by atoms with van der Waals surface area (Å²) in [6, 6.07) is 11.3. The molecule has 1 heterocycles. The molecular weight excluding hydrogens is 246 g/mol. The lowest BCUT2D eigenvalue weighted by Crippen LogP contribution is -2.48. The van der Waals surface area contributed by atoms with Crippen molar-refractivity contribution in [2.24, 2.45) is 17.6 Å². The summed E-state index contributed by atoms with van der Waals surface area (Å²) in [7, 11) is 0. The average Bonchev–Trinajstić information content (AvgIpc) is 2.41. The molecule has 0 aliphatic carbocycles. The third-order valence-corrected chi connectivity index (χ3v) is 4.64. The summed E-state index contributed by atoms with van der Waals surface area (Å²) in [5, 5.41) is 7.71. The SMILES string of the molecule is CC1CC(C)C(C)N(C(CC(=N)N)c2ccccc2)C1. The van der Waals surface area contributed by atoms with Crippen molar-refractivity contribution >= 4 is 5.84 Å². The van der Waals surface area contributed by atoms with Gasteiger partial charge in [-0.25, -0.2) is 0 Å². The van der Waals surface area contributed by atoms with E-state index in [2.05, 4.69) is 49.9 Å². The van der Waals surface area contributed by atoms with E-state index in [4.69, 9.17) is 11.1 Å². The van der Waals surface area contributed by atoms with Crippen LogP contribution in [0.1, 0.15) is 45.2 Å². The number of nitrogens with one attached hydrogen (secondary N) is 1. The van der Waals surface area contributed by atoms with Gasteiger partial charge in [-0.1, -0.05) is 44.2 Å². The van der Waals surface area contributed by atoms with Gasteiger partial charge in [-0.3, -0.25) is 10.3 Å². The van der Waals surface area contributed by atoms with Gasteiger partial charge < -0.3 is 5.73 Å². The second-order valence-electron chi connectivity index (χ2n) is 6.41. The molecule has 4 unspecified atom stereocenters. The molecule has 1 fully saturated rings. The zero-order valence-electron chi connectivity index (χ0n) is 12.8. The molecule has 110 valence electrons. The molecule has 0 bridgehead atoms. The maximum absolute atomic E-state index is 7.71. The minimum atomic E-state index is 0.230. The highest BCUT2D eigenvalue weighted by atomic mass is 15.2. The van der Waals surface area contributed by atoms with Crippen LogP contribution in [0, 0.1) is 17.2 Å². The number of hydrogen-bond acceptors (Lipinski definition) is 2. The van der Waals surface area contributed by atoms with Gasteiger partial charge in [0.25, 0.3) is 0 Å². The first-order valence-corrected chi connectivity index (χ1v) is 7.62. The Balaban J connectivity index is 2.28. The summed E-state index contributed by atoms with van der Waals surface area (Å²) >= 11 is 0. The van der Waals surface area contributed by atoms with E-state index in [0.29, 0.717) is 24.3 Å². The third kappa shape index (κ3) is 3.40. The average molecular weight is 273 g/mol. The van der Waals surface area contributed by atoms with Crippen LogP contribution in [0.5, 0.6) is 0 Å². The van der Waals surface area contributed by atoms with Gasteiger partial charge in [0.2, 0.25) is 0 Å². The van der Waals surface area contributed by atoms with Gasteiger partial charge in [0, 0.05) is 25.0 Å². The van der Waals surface area contributed by atoms with Gasteiger partial charge in [-0.15, -0.1) is 0 Å². The first-order valence-electron chi connectivity index (χ1n) is 7.62. The van der Waals surface area contributed by atoms with Gasteiger partial charge in [-0.05, 0) is 30.7 Å². The fourth-order valence-electron chi connectivity index (χ4n) is 3.48. The Kier molecular flexibility index (Phi) is 4.81. The van der Waals surface area contributed by atoms with Crippen LogP contribution in [0.2, 0.25) is 0 Å². The number of likely N-dealkylation sites (tertiary alicyclic amines) is 1. The lowest BCUT2D eigenvalue weighted by molar-refractivity contribution is 0.0417. The molecule has 0 amide bonds. The first kappa shape index (κ1) is 15.0.